The van der Waals surface area contributed by atoms with Crippen molar-refractivity contribution >= 4 is 29.2 Å². The summed E-state index contributed by atoms with van der Waals surface area (Å²) < 4.78 is 5.17. The maximum Gasteiger partial charge on any atom is 0.306 e. The highest BCUT2D eigenvalue weighted by molar-refractivity contribution is 6.42. The molecular formula is C14H18Cl2O3. The molecule has 1 N–H and O–H groups in total. The van der Waals surface area contributed by atoms with Gasteiger partial charge in [0, 0.05) is 6.42 Å². The van der Waals surface area contributed by atoms with Crippen molar-refractivity contribution in [2.75, 3.05) is 0 Å². The molecule has 0 amide bonds. The van der Waals surface area contributed by atoms with Crippen LogP contribution < -0.4 is 0 Å². The van der Waals surface area contributed by atoms with E-state index in [9.17, 15) is 9.90 Å². The third-order valence-corrected chi connectivity index (χ3v) is 3.11. The Morgan fingerprint density at radius 3 is 2.47 bits per heavy atom. The number of carbonyl (C=O) groups excluding carboxylic acids is 1. The summed E-state index contributed by atoms with van der Waals surface area (Å²) in [6.45, 7) is 5.42. The third-order valence-electron chi connectivity index (χ3n) is 2.37. The number of benzene rings is 1. The van der Waals surface area contributed by atoms with Crippen LogP contribution in [0.5, 0.6) is 0 Å². The molecule has 0 aliphatic heterocycles. The van der Waals surface area contributed by atoms with Gasteiger partial charge in [0.15, 0.2) is 0 Å². The molecule has 0 saturated carbocycles. The van der Waals surface area contributed by atoms with E-state index in [2.05, 4.69) is 0 Å². The fourth-order valence-electron chi connectivity index (χ4n) is 1.53. The molecule has 0 fully saturated rings. The van der Waals surface area contributed by atoms with Gasteiger partial charge in [-0.15, -0.1) is 0 Å². The van der Waals surface area contributed by atoms with E-state index in [1.54, 1.807) is 39.0 Å². The lowest BCUT2D eigenvalue weighted by molar-refractivity contribution is -0.155. The molecule has 0 saturated heterocycles. The first kappa shape index (κ1) is 16.3. The Labute approximate surface area is 123 Å². The van der Waals surface area contributed by atoms with Crippen molar-refractivity contribution in [1.82, 2.24) is 0 Å². The van der Waals surface area contributed by atoms with Crippen molar-refractivity contribution in [3.05, 3.63) is 33.8 Å². The minimum atomic E-state index is -0.762. The van der Waals surface area contributed by atoms with E-state index in [1.165, 1.54) is 0 Å². The van der Waals surface area contributed by atoms with Gasteiger partial charge in [0.25, 0.3) is 0 Å². The highest BCUT2D eigenvalue weighted by atomic mass is 35.5. The van der Waals surface area contributed by atoms with Crippen molar-refractivity contribution in [2.24, 2.45) is 0 Å². The van der Waals surface area contributed by atoms with Crippen LogP contribution in [0, 0.1) is 0 Å². The number of esters is 1. The first-order chi connectivity index (χ1) is 8.69. The number of aliphatic hydroxyl groups is 1. The summed E-state index contributed by atoms with van der Waals surface area (Å²) in [5.41, 5.74) is 0.129. The van der Waals surface area contributed by atoms with Gasteiger partial charge in [-0.25, -0.2) is 0 Å². The predicted molar refractivity (Wildman–Crippen MR) is 76.5 cm³/mol. The van der Waals surface area contributed by atoms with Crippen molar-refractivity contribution in [1.29, 1.82) is 0 Å². The van der Waals surface area contributed by atoms with E-state index in [4.69, 9.17) is 27.9 Å². The second kappa shape index (κ2) is 6.60. The Balaban J connectivity index is 2.53. The molecule has 1 aromatic carbocycles. The summed E-state index contributed by atoms with van der Waals surface area (Å²) in [5, 5.41) is 10.8. The second-order valence-electron chi connectivity index (χ2n) is 5.31. The van der Waals surface area contributed by atoms with Gasteiger partial charge in [0.1, 0.15) is 5.60 Å². The molecule has 1 aromatic rings. The van der Waals surface area contributed by atoms with Crippen LogP contribution in [0.15, 0.2) is 18.2 Å². The normalized spacial score (nSPS) is 13.2. The fraction of sp³-hybridized carbons (Fsp3) is 0.500. The van der Waals surface area contributed by atoms with Gasteiger partial charge in [0.05, 0.1) is 16.1 Å². The van der Waals surface area contributed by atoms with Gasteiger partial charge < -0.3 is 9.84 Å². The van der Waals surface area contributed by atoms with Crippen molar-refractivity contribution in [2.45, 2.75) is 45.3 Å². The zero-order valence-corrected chi connectivity index (χ0v) is 12.8. The number of rotatable bonds is 4. The Hall–Kier alpha value is -0.770. The highest BCUT2D eigenvalue weighted by Crippen LogP contribution is 2.27. The van der Waals surface area contributed by atoms with Crippen LogP contribution in [0.25, 0.3) is 0 Å². The van der Waals surface area contributed by atoms with Crippen LogP contribution in [-0.2, 0) is 9.53 Å². The number of halogens is 2. The first-order valence-electron chi connectivity index (χ1n) is 6.04. The molecule has 1 unspecified atom stereocenters. The fourth-order valence-corrected chi connectivity index (χ4v) is 1.84. The Bertz CT molecular complexity index is 452. The Morgan fingerprint density at radius 2 is 1.95 bits per heavy atom. The molecule has 0 aromatic heterocycles. The quantitative estimate of drug-likeness (QED) is 0.850. The maximum absolute atomic E-state index is 11.5. The van der Waals surface area contributed by atoms with Crippen LogP contribution in [0.1, 0.15) is 45.3 Å². The molecule has 0 radical (unpaired) electrons. The van der Waals surface area contributed by atoms with Crippen molar-refractivity contribution < 1.29 is 14.6 Å². The average molecular weight is 305 g/mol. The van der Waals surface area contributed by atoms with Gasteiger partial charge in [-0.2, -0.15) is 0 Å². The highest BCUT2D eigenvalue weighted by Gasteiger charge is 2.18. The van der Waals surface area contributed by atoms with Crippen LogP contribution in [0.2, 0.25) is 10.0 Å². The molecule has 0 heterocycles. The van der Waals surface area contributed by atoms with E-state index in [0.717, 1.165) is 0 Å². The lowest BCUT2D eigenvalue weighted by Gasteiger charge is -2.20. The molecule has 0 aliphatic rings. The molecule has 3 nitrogen and oxygen atoms in total. The topological polar surface area (TPSA) is 46.5 Å². The number of ether oxygens (including phenoxy) is 1. The van der Waals surface area contributed by atoms with Gasteiger partial charge in [-0.1, -0.05) is 29.3 Å². The average Bonchev–Trinajstić information content (AvgIpc) is 2.27. The maximum atomic E-state index is 11.5. The van der Waals surface area contributed by atoms with E-state index in [-0.39, 0.29) is 18.8 Å². The molecule has 1 atom stereocenters. The standard InChI is InChI=1S/C14H18Cl2O3/c1-14(2,3)19-13(18)7-6-12(17)9-4-5-10(15)11(16)8-9/h4-5,8,12,17H,6-7H2,1-3H3. The van der Waals surface area contributed by atoms with Crippen LogP contribution in [0.4, 0.5) is 0 Å². The minimum Gasteiger partial charge on any atom is -0.460 e. The number of carbonyl (C=O) groups is 1. The molecule has 106 valence electrons. The second-order valence-corrected chi connectivity index (χ2v) is 6.13. The van der Waals surface area contributed by atoms with E-state index < -0.39 is 11.7 Å². The molecule has 5 heteroatoms. The molecule has 0 spiro atoms. The molecule has 0 aliphatic carbocycles. The summed E-state index contributed by atoms with van der Waals surface area (Å²) in [6, 6.07) is 4.91. The van der Waals surface area contributed by atoms with E-state index in [0.29, 0.717) is 15.6 Å². The Kier molecular flexibility index (Phi) is 5.65. The van der Waals surface area contributed by atoms with E-state index in [1.807, 2.05) is 0 Å². The van der Waals surface area contributed by atoms with Crippen molar-refractivity contribution in [3.63, 3.8) is 0 Å². The summed E-state index contributed by atoms with van der Waals surface area (Å²) in [7, 11) is 0. The van der Waals surface area contributed by atoms with Crippen LogP contribution in [-0.4, -0.2) is 16.7 Å². The monoisotopic (exact) mass is 304 g/mol. The van der Waals surface area contributed by atoms with E-state index >= 15 is 0 Å². The number of hydrogen-bond acceptors (Lipinski definition) is 3. The van der Waals surface area contributed by atoms with Gasteiger partial charge >= 0.3 is 5.97 Å². The summed E-state index contributed by atoms with van der Waals surface area (Å²) >= 11 is 11.7. The summed E-state index contributed by atoms with van der Waals surface area (Å²) in [5.74, 6) is -0.327. The van der Waals surface area contributed by atoms with Gasteiger partial charge in [0.2, 0.25) is 0 Å². The molecule has 1 rings (SSSR count). The van der Waals surface area contributed by atoms with Gasteiger partial charge in [-0.05, 0) is 44.9 Å². The Morgan fingerprint density at radius 1 is 1.32 bits per heavy atom. The van der Waals surface area contributed by atoms with Crippen molar-refractivity contribution in [3.8, 4) is 0 Å². The molecular weight excluding hydrogens is 287 g/mol. The van der Waals surface area contributed by atoms with Gasteiger partial charge in [-0.3, -0.25) is 4.79 Å². The molecule has 0 bridgehead atoms. The first-order valence-corrected chi connectivity index (χ1v) is 6.79. The lowest BCUT2D eigenvalue weighted by Crippen LogP contribution is -2.24. The summed E-state index contributed by atoms with van der Waals surface area (Å²) in [6.07, 6.45) is -0.326. The SMILES string of the molecule is CC(C)(C)OC(=O)CCC(O)c1ccc(Cl)c(Cl)c1. The minimum absolute atomic E-state index is 0.151. The number of hydrogen-bond donors (Lipinski definition) is 1. The molecule has 19 heavy (non-hydrogen) atoms. The summed E-state index contributed by atoms with van der Waals surface area (Å²) in [4.78, 5) is 11.5. The smallest absolute Gasteiger partial charge is 0.306 e. The predicted octanol–water partition coefficient (Wildman–Crippen LogP) is 4.15. The zero-order chi connectivity index (χ0) is 14.6. The zero-order valence-electron chi connectivity index (χ0n) is 11.2. The van der Waals surface area contributed by atoms with Crippen LogP contribution in [0.3, 0.4) is 0 Å². The number of aliphatic hydroxyl groups excluding tert-OH is 1. The third kappa shape index (κ3) is 5.81. The van der Waals surface area contributed by atoms with Crippen LogP contribution >= 0.6 is 23.2 Å². The largest absolute Gasteiger partial charge is 0.460 e. The lowest BCUT2D eigenvalue weighted by atomic mass is 10.0.